The van der Waals surface area contributed by atoms with Crippen molar-refractivity contribution in [2.45, 2.75) is 22.3 Å². The van der Waals surface area contributed by atoms with Gasteiger partial charge in [-0.3, -0.25) is 0 Å². The summed E-state index contributed by atoms with van der Waals surface area (Å²) in [6.07, 6.45) is 1.06. The zero-order chi connectivity index (χ0) is 14.5. The molecule has 1 saturated heterocycles. The highest BCUT2D eigenvalue weighted by Crippen LogP contribution is 2.28. The lowest BCUT2D eigenvalue weighted by atomic mass is 10.0. The third-order valence-corrected chi connectivity index (χ3v) is 5.86. The molecule has 19 heavy (non-hydrogen) atoms. The topological polar surface area (TPSA) is 91.8 Å². The molecule has 2 rings (SSSR count). The Morgan fingerprint density at radius 1 is 1.05 bits per heavy atom. The molecular weight excluding hydrogens is 290 g/mol. The van der Waals surface area contributed by atoms with E-state index >= 15 is 0 Å². The Bertz CT molecular complexity index is 681. The van der Waals surface area contributed by atoms with Gasteiger partial charge in [0.25, 0.3) is 0 Å². The highest BCUT2D eigenvalue weighted by atomic mass is 32.2. The SMILES string of the molecule is CC1(O)CN(S(=O)(=O)c2ccc(S(C)(=O)=O)cc2)C1. The monoisotopic (exact) mass is 305 g/mol. The van der Waals surface area contributed by atoms with E-state index in [-0.39, 0.29) is 22.9 Å². The van der Waals surface area contributed by atoms with Gasteiger partial charge in [0.1, 0.15) is 0 Å². The van der Waals surface area contributed by atoms with Gasteiger partial charge < -0.3 is 5.11 Å². The Hall–Kier alpha value is -0.960. The van der Waals surface area contributed by atoms with Crippen LogP contribution >= 0.6 is 0 Å². The lowest BCUT2D eigenvalue weighted by molar-refractivity contribution is -0.0426. The van der Waals surface area contributed by atoms with Crippen LogP contribution < -0.4 is 0 Å². The first kappa shape index (κ1) is 14.4. The van der Waals surface area contributed by atoms with Crippen molar-refractivity contribution in [2.75, 3.05) is 19.3 Å². The summed E-state index contributed by atoms with van der Waals surface area (Å²) in [6, 6.07) is 5.05. The largest absolute Gasteiger partial charge is 0.387 e. The lowest BCUT2D eigenvalue weighted by Crippen LogP contribution is -2.61. The van der Waals surface area contributed by atoms with Crippen LogP contribution in [0.4, 0.5) is 0 Å². The summed E-state index contributed by atoms with van der Waals surface area (Å²) in [5.74, 6) is 0. The molecule has 8 heteroatoms. The number of β-amino-alcohol motifs (C(OH)–C–C–N with tert-alkyl or cyclic N) is 1. The van der Waals surface area contributed by atoms with Crippen molar-refractivity contribution in [3.8, 4) is 0 Å². The minimum Gasteiger partial charge on any atom is -0.387 e. The first-order valence-electron chi connectivity index (χ1n) is 5.55. The van der Waals surface area contributed by atoms with Gasteiger partial charge in [-0.1, -0.05) is 0 Å². The molecule has 0 amide bonds. The molecule has 1 heterocycles. The summed E-state index contributed by atoms with van der Waals surface area (Å²) in [7, 11) is -7.00. The van der Waals surface area contributed by atoms with E-state index in [1.54, 1.807) is 6.92 Å². The highest BCUT2D eigenvalue weighted by Gasteiger charge is 2.43. The van der Waals surface area contributed by atoms with Gasteiger partial charge in [-0.2, -0.15) is 4.31 Å². The molecule has 0 saturated carbocycles. The van der Waals surface area contributed by atoms with Crippen LogP contribution in [0.15, 0.2) is 34.1 Å². The zero-order valence-corrected chi connectivity index (χ0v) is 12.2. The first-order valence-corrected chi connectivity index (χ1v) is 8.88. The molecule has 0 spiro atoms. The summed E-state index contributed by atoms with van der Waals surface area (Å²) in [4.78, 5) is 0.0949. The van der Waals surface area contributed by atoms with E-state index in [4.69, 9.17) is 0 Å². The first-order chi connectivity index (χ1) is 8.52. The molecule has 1 aromatic carbocycles. The third-order valence-electron chi connectivity index (χ3n) is 2.92. The highest BCUT2D eigenvalue weighted by molar-refractivity contribution is 7.90. The maximum absolute atomic E-state index is 12.1. The minimum atomic E-state index is -3.66. The summed E-state index contributed by atoms with van der Waals surface area (Å²) in [5.41, 5.74) is -0.986. The van der Waals surface area contributed by atoms with Crippen molar-refractivity contribution in [1.82, 2.24) is 4.31 Å². The summed E-state index contributed by atoms with van der Waals surface area (Å²) < 4.78 is 48.0. The minimum absolute atomic E-state index is 0.0235. The second-order valence-corrected chi connectivity index (χ2v) is 8.97. The molecule has 1 aromatic rings. The van der Waals surface area contributed by atoms with Gasteiger partial charge in [0.05, 0.1) is 15.4 Å². The van der Waals surface area contributed by atoms with E-state index in [1.807, 2.05) is 0 Å². The second-order valence-electron chi connectivity index (χ2n) is 5.01. The average Bonchev–Trinajstić information content (AvgIpc) is 2.25. The third kappa shape index (κ3) is 2.81. The summed E-state index contributed by atoms with van der Waals surface area (Å²) >= 11 is 0. The molecule has 1 aliphatic rings. The number of hydrogen-bond donors (Lipinski definition) is 1. The summed E-state index contributed by atoms with van der Waals surface area (Å²) in [6.45, 7) is 1.65. The zero-order valence-electron chi connectivity index (χ0n) is 10.6. The van der Waals surface area contributed by atoms with Crippen molar-refractivity contribution in [2.24, 2.45) is 0 Å². The standard InChI is InChI=1S/C11H15NO5S2/c1-11(13)7-12(8-11)19(16,17)10-5-3-9(4-6-10)18(2,14)15/h3-6,13H,7-8H2,1-2H3. The maximum Gasteiger partial charge on any atom is 0.243 e. The van der Waals surface area contributed by atoms with Gasteiger partial charge in [-0.15, -0.1) is 0 Å². The number of nitrogens with zero attached hydrogens (tertiary/aromatic N) is 1. The van der Waals surface area contributed by atoms with Gasteiger partial charge in [0.2, 0.25) is 10.0 Å². The molecule has 0 atom stereocenters. The van der Waals surface area contributed by atoms with Crippen molar-refractivity contribution in [3.63, 3.8) is 0 Å². The Morgan fingerprint density at radius 3 is 1.84 bits per heavy atom. The maximum atomic E-state index is 12.1. The number of aliphatic hydroxyl groups is 1. The van der Waals surface area contributed by atoms with Crippen molar-refractivity contribution in [3.05, 3.63) is 24.3 Å². The predicted octanol–water partition coefficient (Wildman–Crippen LogP) is -0.155. The fourth-order valence-corrected chi connectivity index (χ4v) is 4.20. The van der Waals surface area contributed by atoms with E-state index in [0.29, 0.717) is 0 Å². The molecule has 0 aliphatic carbocycles. The molecule has 0 unspecified atom stereocenters. The van der Waals surface area contributed by atoms with Crippen molar-refractivity contribution < 1.29 is 21.9 Å². The Kier molecular flexibility index (Phi) is 3.25. The fraction of sp³-hybridized carbons (Fsp3) is 0.455. The van der Waals surface area contributed by atoms with Crippen LogP contribution in [0.25, 0.3) is 0 Å². The second kappa shape index (κ2) is 4.27. The van der Waals surface area contributed by atoms with Crippen LogP contribution in [-0.2, 0) is 19.9 Å². The molecule has 106 valence electrons. The fourth-order valence-electron chi connectivity index (χ4n) is 1.89. The number of benzene rings is 1. The van der Waals surface area contributed by atoms with Gasteiger partial charge in [-0.05, 0) is 31.2 Å². The molecule has 0 bridgehead atoms. The van der Waals surface area contributed by atoms with Gasteiger partial charge in [0, 0.05) is 19.3 Å². The van der Waals surface area contributed by atoms with E-state index in [0.717, 1.165) is 10.6 Å². The number of sulfone groups is 1. The smallest absolute Gasteiger partial charge is 0.243 e. The van der Waals surface area contributed by atoms with E-state index < -0.39 is 25.5 Å². The molecule has 0 aromatic heterocycles. The van der Waals surface area contributed by atoms with E-state index in [9.17, 15) is 21.9 Å². The number of hydrogen-bond acceptors (Lipinski definition) is 5. The lowest BCUT2D eigenvalue weighted by Gasteiger charge is -2.42. The summed E-state index contributed by atoms with van der Waals surface area (Å²) in [5, 5.41) is 9.56. The Balaban J connectivity index is 2.28. The predicted molar refractivity (Wildman–Crippen MR) is 68.9 cm³/mol. The van der Waals surface area contributed by atoms with E-state index in [2.05, 4.69) is 0 Å². The van der Waals surface area contributed by atoms with Gasteiger partial charge in [0.15, 0.2) is 9.84 Å². The van der Waals surface area contributed by atoms with Crippen LogP contribution in [0.3, 0.4) is 0 Å². The molecule has 1 N–H and O–H groups in total. The van der Waals surface area contributed by atoms with Crippen LogP contribution in [0.5, 0.6) is 0 Å². The Morgan fingerprint density at radius 2 is 1.47 bits per heavy atom. The normalized spacial score (nSPS) is 19.9. The van der Waals surface area contributed by atoms with Crippen molar-refractivity contribution >= 4 is 19.9 Å². The molecular formula is C11H15NO5S2. The molecule has 1 fully saturated rings. The van der Waals surface area contributed by atoms with E-state index in [1.165, 1.54) is 24.3 Å². The van der Waals surface area contributed by atoms with Crippen LogP contribution in [0.2, 0.25) is 0 Å². The quantitative estimate of drug-likeness (QED) is 0.838. The van der Waals surface area contributed by atoms with Crippen molar-refractivity contribution in [1.29, 1.82) is 0 Å². The van der Waals surface area contributed by atoms with Gasteiger partial charge in [-0.25, -0.2) is 16.8 Å². The van der Waals surface area contributed by atoms with Crippen LogP contribution in [0.1, 0.15) is 6.92 Å². The number of rotatable bonds is 3. The molecule has 6 nitrogen and oxygen atoms in total. The Labute approximate surface area is 112 Å². The molecule has 1 aliphatic heterocycles. The number of sulfonamides is 1. The molecule has 0 radical (unpaired) electrons. The average molecular weight is 305 g/mol. The van der Waals surface area contributed by atoms with Gasteiger partial charge >= 0.3 is 0 Å². The van der Waals surface area contributed by atoms with Crippen LogP contribution in [0, 0.1) is 0 Å². The van der Waals surface area contributed by atoms with Crippen LogP contribution in [-0.4, -0.2) is 51.2 Å².